The van der Waals surface area contributed by atoms with E-state index in [1.807, 2.05) is 0 Å². The molecule has 0 unspecified atom stereocenters. The van der Waals surface area contributed by atoms with E-state index in [0.717, 1.165) is 21.8 Å². The van der Waals surface area contributed by atoms with Gasteiger partial charge >= 0.3 is 5.97 Å². The molecule has 2 aliphatic rings. The van der Waals surface area contributed by atoms with E-state index < -0.39 is 5.97 Å². The Balaban J connectivity index is 1.59. The predicted octanol–water partition coefficient (Wildman–Crippen LogP) is 4.41. The second kappa shape index (κ2) is 7.92. The molecule has 2 heterocycles. The minimum Gasteiger partial charge on any atom is -0.462 e. The lowest BCUT2D eigenvalue weighted by molar-refractivity contribution is -0.113. The van der Waals surface area contributed by atoms with E-state index in [1.165, 1.54) is 4.90 Å². The zero-order chi connectivity index (χ0) is 20.5. The monoisotopic (exact) mass is 474 g/mol. The summed E-state index contributed by atoms with van der Waals surface area (Å²) in [6, 6.07) is 9.98. The van der Waals surface area contributed by atoms with Crippen LogP contribution in [-0.4, -0.2) is 30.4 Å². The van der Waals surface area contributed by atoms with Crippen molar-refractivity contribution in [2.75, 3.05) is 18.3 Å². The number of carbonyl (C=O) groups is 2. The first-order valence-corrected chi connectivity index (χ1v) is 10.3. The van der Waals surface area contributed by atoms with Crippen LogP contribution in [0.15, 0.2) is 45.8 Å². The van der Waals surface area contributed by atoms with Crippen LogP contribution in [0, 0.1) is 5.41 Å². The highest BCUT2D eigenvalue weighted by atomic mass is 79.9. The third-order valence-corrected chi connectivity index (χ3v) is 5.81. The number of hydrogen-bond donors (Lipinski definition) is 1. The Bertz CT molecular complexity index is 1050. The summed E-state index contributed by atoms with van der Waals surface area (Å²) in [4.78, 5) is 26.4. The fourth-order valence-electron chi connectivity index (χ4n) is 2.87. The summed E-state index contributed by atoms with van der Waals surface area (Å²) < 4.78 is 16.4. The van der Waals surface area contributed by atoms with E-state index >= 15 is 0 Å². The normalized spacial score (nSPS) is 16.6. The number of amides is 1. The van der Waals surface area contributed by atoms with Gasteiger partial charge in [0.05, 0.1) is 22.8 Å². The van der Waals surface area contributed by atoms with Gasteiger partial charge in [-0.15, -0.1) is 0 Å². The van der Waals surface area contributed by atoms with Gasteiger partial charge in [0, 0.05) is 4.47 Å². The van der Waals surface area contributed by atoms with Crippen LogP contribution in [-0.2, 0) is 9.53 Å². The first-order valence-electron chi connectivity index (χ1n) is 8.67. The average Bonchev–Trinajstić information content (AvgIpc) is 3.26. The van der Waals surface area contributed by atoms with Gasteiger partial charge in [0.2, 0.25) is 6.79 Å². The number of nitrogens with one attached hydrogen (secondary N) is 1. The topological polar surface area (TPSA) is 88.9 Å². The van der Waals surface area contributed by atoms with Gasteiger partial charge in [0.1, 0.15) is 0 Å². The van der Waals surface area contributed by atoms with Crippen molar-refractivity contribution >= 4 is 56.5 Å². The van der Waals surface area contributed by atoms with Crippen LogP contribution in [0.4, 0.5) is 5.69 Å². The number of nitrogens with zero attached hydrogens (tertiary/aromatic N) is 1. The highest BCUT2D eigenvalue weighted by Gasteiger charge is 2.34. The van der Waals surface area contributed by atoms with Gasteiger partial charge in [0.15, 0.2) is 16.7 Å². The summed E-state index contributed by atoms with van der Waals surface area (Å²) in [7, 11) is 0. The molecule has 2 aliphatic heterocycles. The fourth-order valence-corrected chi connectivity index (χ4v) is 4.16. The Kier molecular flexibility index (Phi) is 5.33. The molecule has 29 heavy (non-hydrogen) atoms. The summed E-state index contributed by atoms with van der Waals surface area (Å²) >= 11 is 4.54. The van der Waals surface area contributed by atoms with Crippen molar-refractivity contribution in [3.05, 3.63) is 56.9 Å². The minimum atomic E-state index is -0.426. The van der Waals surface area contributed by atoms with Crippen molar-refractivity contribution in [1.29, 1.82) is 5.41 Å². The van der Waals surface area contributed by atoms with Crippen LogP contribution in [0.25, 0.3) is 6.08 Å². The van der Waals surface area contributed by atoms with Crippen LogP contribution in [0.2, 0.25) is 0 Å². The van der Waals surface area contributed by atoms with Crippen molar-refractivity contribution in [1.82, 2.24) is 0 Å². The first kappa shape index (κ1) is 19.5. The lowest BCUT2D eigenvalue weighted by Gasteiger charge is -2.14. The molecule has 0 radical (unpaired) electrons. The molecule has 148 valence electrons. The predicted molar refractivity (Wildman–Crippen MR) is 113 cm³/mol. The first-order chi connectivity index (χ1) is 14.0. The molecule has 4 rings (SSSR count). The number of halogens is 1. The number of carbonyl (C=O) groups excluding carboxylic acids is 2. The molecule has 7 nitrogen and oxygen atoms in total. The van der Waals surface area contributed by atoms with Crippen LogP contribution in [0.1, 0.15) is 22.8 Å². The van der Waals surface area contributed by atoms with Crippen molar-refractivity contribution in [3.63, 3.8) is 0 Å². The number of esters is 1. The summed E-state index contributed by atoms with van der Waals surface area (Å²) in [6.07, 6.45) is 1.71. The van der Waals surface area contributed by atoms with E-state index in [2.05, 4.69) is 15.9 Å². The summed E-state index contributed by atoms with van der Waals surface area (Å²) in [5.41, 5.74) is 1.65. The quantitative estimate of drug-likeness (QED) is 0.521. The highest BCUT2D eigenvalue weighted by Crippen LogP contribution is 2.40. The van der Waals surface area contributed by atoms with Gasteiger partial charge in [-0.3, -0.25) is 15.1 Å². The van der Waals surface area contributed by atoms with Crippen LogP contribution in [0.5, 0.6) is 11.5 Å². The number of hydrogen-bond acceptors (Lipinski definition) is 7. The molecule has 0 bridgehead atoms. The van der Waals surface area contributed by atoms with E-state index in [0.29, 0.717) is 27.7 Å². The molecule has 1 amide bonds. The fraction of sp³-hybridized carbons (Fsp3) is 0.150. The van der Waals surface area contributed by atoms with Crippen molar-refractivity contribution in [2.24, 2.45) is 0 Å². The Morgan fingerprint density at radius 2 is 1.97 bits per heavy atom. The molecule has 0 saturated carbocycles. The molecular formula is C20H15BrN2O5S. The van der Waals surface area contributed by atoms with Crippen LogP contribution < -0.4 is 14.4 Å². The number of ether oxygens (including phenoxy) is 3. The number of thioether (sulfide) groups is 1. The second-order valence-electron chi connectivity index (χ2n) is 6.05. The highest BCUT2D eigenvalue weighted by molar-refractivity contribution is 9.10. The third-order valence-electron chi connectivity index (χ3n) is 4.24. The van der Waals surface area contributed by atoms with E-state index in [1.54, 1.807) is 49.4 Å². The Morgan fingerprint density at radius 3 is 2.66 bits per heavy atom. The van der Waals surface area contributed by atoms with Gasteiger partial charge in [0.25, 0.3) is 5.91 Å². The maximum Gasteiger partial charge on any atom is 0.338 e. The van der Waals surface area contributed by atoms with E-state index in [9.17, 15) is 9.59 Å². The molecule has 2 aromatic rings. The molecule has 1 fully saturated rings. The van der Waals surface area contributed by atoms with Crippen LogP contribution >= 0.6 is 27.7 Å². The lowest BCUT2D eigenvalue weighted by Crippen LogP contribution is -2.28. The number of benzene rings is 2. The van der Waals surface area contributed by atoms with E-state index in [4.69, 9.17) is 19.6 Å². The number of fused-ring (bicyclic) bond motifs is 1. The smallest absolute Gasteiger partial charge is 0.338 e. The molecule has 1 N–H and O–H groups in total. The number of anilines is 1. The maximum atomic E-state index is 12.9. The molecular weight excluding hydrogens is 460 g/mol. The molecule has 2 aromatic carbocycles. The Labute approximate surface area is 179 Å². The zero-order valence-corrected chi connectivity index (χ0v) is 17.6. The van der Waals surface area contributed by atoms with Crippen molar-refractivity contribution in [3.8, 4) is 11.5 Å². The molecule has 0 atom stereocenters. The molecule has 1 saturated heterocycles. The number of rotatable bonds is 4. The Morgan fingerprint density at radius 1 is 1.28 bits per heavy atom. The maximum absolute atomic E-state index is 12.9. The standard InChI is InChI=1S/C20H15BrN2O5S/c1-2-26-19(25)11-3-5-13(6-4-11)23-18(24)17(29-20(23)22)8-12-7-15-16(9-14(12)21)28-10-27-15/h3-9,22H,2,10H2,1H3. The van der Waals surface area contributed by atoms with Gasteiger partial charge in [-0.05, 0) is 66.7 Å². The Hall–Kier alpha value is -2.78. The minimum absolute atomic E-state index is 0.0852. The lowest BCUT2D eigenvalue weighted by atomic mass is 10.1. The summed E-state index contributed by atoms with van der Waals surface area (Å²) in [6.45, 7) is 2.19. The van der Waals surface area contributed by atoms with Gasteiger partial charge in [-0.2, -0.15) is 0 Å². The van der Waals surface area contributed by atoms with Gasteiger partial charge in [-0.25, -0.2) is 4.79 Å². The number of amidine groups is 1. The molecule has 0 aliphatic carbocycles. The van der Waals surface area contributed by atoms with Gasteiger partial charge < -0.3 is 14.2 Å². The van der Waals surface area contributed by atoms with Crippen molar-refractivity contribution < 1.29 is 23.8 Å². The second-order valence-corrected chi connectivity index (χ2v) is 7.94. The summed E-state index contributed by atoms with van der Waals surface area (Å²) in [5, 5.41) is 8.31. The van der Waals surface area contributed by atoms with E-state index in [-0.39, 0.29) is 24.5 Å². The van der Waals surface area contributed by atoms with Gasteiger partial charge in [-0.1, -0.05) is 15.9 Å². The molecule has 0 aromatic heterocycles. The summed E-state index contributed by atoms with van der Waals surface area (Å²) in [5.74, 6) is 0.510. The SMILES string of the molecule is CCOC(=O)c1ccc(N2C(=N)SC(=Cc3cc4c(cc3Br)OCO4)C2=O)cc1. The molecule has 9 heteroatoms. The zero-order valence-electron chi connectivity index (χ0n) is 15.2. The van der Waals surface area contributed by atoms with Crippen LogP contribution in [0.3, 0.4) is 0 Å². The average molecular weight is 475 g/mol. The molecule has 0 spiro atoms. The van der Waals surface area contributed by atoms with Crippen molar-refractivity contribution in [2.45, 2.75) is 6.92 Å². The largest absolute Gasteiger partial charge is 0.462 e. The third kappa shape index (κ3) is 3.75.